The molecule has 0 N–H and O–H groups in total. The lowest BCUT2D eigenvalue weighted by Gasteiger charge is -2.36. The van der Waals surface area contributed by atoms with Gasteiger partial charge in [0.2, 0.25) is 0 Å². The molecule has 3 aromatic carbocycles. The van der Waals surface area contributed by atoms with Crippen molar-refractivity contribution in [1.82, 2.24) is 14.8 Å². The van der Waals surface area contributed by atoms with Crippen molar-refractivity contribution in [2.24, 2.45) is 0 Å². The Hall–Kier alpha value is -3.20. The molecule has 0 saturated carbocycles. The molecule has 0 aliphatic rings. The summed E-state index contributed by atoms with van der Waals surface area (Å²) in [5.41, 5.74) is 0.743. The summed E-state index contributed by atoms with van der Waals surface area (Å²) in [7, 11) is 0. The van der Waals surface area contributed by atoms with Crippen molar-refractivity contribution in [2.75, 3.05) is 0 Å². The normalized spacial score (nSPS) is 12.2. The van der Waals surface area contributed by atoms with Gasteiger partial charge in [-0.15, -0.1) is 0 Å². The Morgan fingerprint density at radius 2 is 1.36 bits per heavy atom. The van der Waals surface area contributed by atoms with E-state index in [0.717, 1.165) is 16.5 Å². The lowest BCUT2D eigenvalue weighted by molar-refractivity contribution is -0.138. The molecule has 5 rings (SSSR count). The van der Waals surface area contributed by atoms with Gasteiger partial charge in [-0.05, 0) is 63.5 Å². The molecule has 0 fully saturated rings. The van der Waals surface area contributed by atoms with Gasteiger partial charge in [-0.1, -0.05) is 66.7 Å². The number of aromatic nitrogens is 3. The molecule has 3 nitrogen and oxygen atoms in total. The highest BCUT2D eigenvalue weighted by molar-refractivity contribution is 14.1. The number of hydrogen-bond donors (Lipinski definition) is 0. The van der Waals surface area contributed by atoms with Crippen LogP contribution in [0.15, 0.2) is 103 Å². The van der Waals surface area contributed by atoms with Gasteiger partial charge in [-0.3, -0.25) is 4.68 Å². The SMILES string of the molecule is FC(F)(F)c1cc(C(c2ccccc2)(c2ccccc2)n2cc3cccnc3n2)ccc1I. The van der Waals surface area contributed by atoms with Crippen LogP contribution in [0.25, 0.3) is 11.0 Å². The van der Waals surface area contributed by atoms with Crippen molar-refractivity contribution < 1.29 is 13.2 Å². The predicted molar refractivity (Wildman–Crippen MR) is 130 cm³/mol. The quantitative estimate of drug-likeness (QED) is 0.179. The molecular weight excluding hydrogens is 538 g/mol. The molecule has 164 valence electrons. The second kappa shape index (κ2) is 8.30. The molecule has 0 unspecified atom stereocenters. The molecule has 0 bridgehead atoms. The zero-order chi connectivity index (χ0) is 23.1. The highest BCUT2D eigenvalue weighted by atomic mass is 127. The number of pyridine rings is 1. The minimum atomic E-state index is -4.48. The van der Waals surface area contributed by atoms with Crippen LogP contribution < -0.4 is 0 Å². The maximum Gasteiger partial charge on any atom is 0.417 e. The summed E-state index contributed by atoms with van der Waals surface area (Å²) >= 11 is 1.73. The zero-order valence-electron chi connectivity index (χ0n) is 17.2. The van der Waals surface area contributed by atoms with Crippen LogP contribution in [0, 0.1) is 3.57 Å². The lowest BCUT2D eigenvalue weighted by Crippen LogP contribution is -2.38. The first-order valence-electron chi connectivity index (χ1n) is 10.2. The van der Waals surface area contributed by atoms with Crippen molar-refractivity contribution in [3.05, 3.63) is 129 Å². The molecular formula is C26H17F3IN3. The van der Waals surface area contributed by atoms with Crippen LogP contribution in [-0.4, -0.2) is 14.8 Å². The van der Waals surface area contributed by atoms with E-state index >= 15 is 0 Å². The van der Waals surface area contributed by atoms with Crippen LogP contribution in [0.4, 0.5) is 13.2 Å². The van der Waals surface area contributed by atoms with Crippen molar-refractivity contribution in [2.45, 2.75) is 11.7 Å². The molecule has 0 aliphatic heterocycles. The first-order chi connectivity index (χ1) is 15.9. The fourth-order valence-corrected chi connectivity index (χ4v) is 4.89. The molecule has 5 aromatic rings. The Morgan fingerprint density at radius 1 is 0.727 bits per heavy atom. The van der Waals surface area contributed by atoms with E-state index in [1.54, 1.807) is 39.5 Å². The molecule has 0 radical (unpaired) electrons. The van der Waals surface area contributed by atoms with Crippen LogP contribution in [0.3, 0.4) is 0 Å². The first-order valence-corrected chi connectivity index (χ1v) is 11.3. The predicted octanol–water partition coefficient (Wildman–Crippen LogP) is 6.89. The second-order valence-corrected chi connectivity index (χ2v) is 8.79. The molecule has 0 aliphatic carbocycles. The molecule has 7 heteroatoms. The van der Waals surface area contributed by atoms with Crippen LogP contribution in [0.5, 0.6) is 0 Å². The Bertz CT molecular complexity index is 1340. The molecule has 2 aromatic heterocycles. The van der Waals surface area contributed by atoms with Gasteiger partial charge in [0.05, 0.1) is 5.56 Å². The van der Waals surface area contributed by atoms with Gasteiger partial charge >= 0.3 is 6.18 Å². The number of alkyl halides is 3. The van der Waals surface area contributed by atoms with E-state index in [9.17, 15) is 13.2 Å². The number of rotatable bonds is 4. The smallest absolute Gasteiger partial charge is 0.250 e. The zero-order valence-corrected chi connectivity index (χ0v) is 19.3. The largest absolute Gasteiger partial charge is 0.417 e. The summed E-state index contributed by atoms with van der Waals surface area (Å²) in [5, 5.41) is 5.55. The van der Waals surface area contributed by atoms with Crippen LogP contribution in [0.2, 0.25) is 0 Å². The van der Waals surface area contributed by atoms with Crippen molar-refractivity contribution in [3.63, 3.8) is 0 Å². The summed E-state index contributed by atoms with van der Waals surface area (Å²) in [6.45, 7) is 0. The molecule has 0 amide bonds. The maximum atomic E-state index is 14.0. The third-order valence-electron chi connectivity index (χ3n) is 5.70. The first kappa shape index (κ1) is 21.6. The van der Waals surface area contributed by atoms with Gasteiger partial charge < -0.3 is 0 Å². The highest BCUT2D eigenvalue weighted by Gasteiger charge is 2.42. The van der Waals surface area contributed by atoms with E-state index in [1.165, 1.54) is 12.1 Å². The monoisotopic (exact) mass is 555 g/mol. The van der Waals surface area contributed by atoms with Gasteiger partial charge in [0, 0.05) is 21.4 Å². The van der Waals surface area contributed by atoms with E-state index in [-0.39, 0.29) is 3.57 Å². The minimum Gasteiger partial charge on any atom is -0.250 e. The standard InChI is InChI=1S/C26H17F3IN3/c27-26(28,29)22-16-21(13-14-23(22)30)25(19-9-3-1-4-10-19,20-11-5-2-6-12-20)33-17-18-8-7-15-31-24(18)32-33/h1-17H. The summed E-state index contributed by atoms with van der Waals surface area (Å²) in [4.78, 5) is 4.35. The Balaban J connectivity index is 1.93. The molecule has 0 spiro atoms. The van der Waals surface area contributed by atoms with Crippen molar-refractivity contribution in [1.29, 1.82) is 0 Å². The van der Waals surface area contributed by atoms with Crippen LogP contribution in [-0.2, 0) is 11.7 Å². The third kappa shape index (κ3) is 3.70. The number of fused-ring (bicyclic) bond motifs is 1. The maximum absolute atomic E-state index is 14.0. The van der Waals surface area contributed by atoms with Gasteiger partial charge in [0.25, 0.3) is 0 Å². The van der Waals surface area contributed by atoms with Gasteiger partial charge in [-0.2, -0.15) is 18.3 Å². The second-order valence-electron chi connectivity index (χ2n) is 7.62. The van der Waals surface area contributed by atoms with E-state index < -0.39 is 17.3 Å². The average molecular weight is 555 g/mol. The Morgan fingerprint density at radius 3 is 1.94 bits per heavy atom. The summed E-state index contributed by atoms with van der Waals surface area (Å²) in [6, 6.07) is 27.2. The van der Waals surface area contributed by atoms with Crippen molar-refractivity contribution >= 4 is 33.6 Å². The number of nitrogens with zero attached hydrogens (tertiary/aromatic N) is 3. The number of halogens is 4. The number of benzene rings is 3. The van der Waals surface area contributed by atoms with Gasteiger partial charge in [-0.25, -0.2) is 4.98 Å². The van der Waals surface area contributed by atoms with E-state index in [2.05, 4.69) is 4.98 Å². The fraction of sp³-hybridized carbons (Fsp3) is 0.0769. The van der Waals surface area contributed by atoms with Gasteiger partial charge in [0.1, 0.15) is 5.54 Å². The van der Waals surface area contributed by atoms with Crippen molar-refractivity contribution in [3.8, 4) is 0 Å². The Kier molecular flexibility index (Phi) is 5.44. The molecule has 0 saturated heterocycles. The van der Waals surface area contributed by atoms with E-state index in [0.29, 0.717) is 11.2 Å². The highest BCUT2D eigenvalue weighted by Crippen LogP contribution is 2.43. The van der Waals surface area contributed by atoms with E-state index in [1.807, 2.05) is 79.0 Å². The topological polar surface area (TPSA) is 30.7 Å². The minimum absolute atomic E-state index is 0.145. The lowest BCUT2D eigenvalue weighted by atomic mass is 9.76. The summed E-state index contributed by atoms with van der Waals surface area (Å²) < 4.78 is 43.7. The average Bonchev–Trinajstić information content (AvgIpc) is 3.25. The number of hydrogen-bond acceptors (Lipinski definition) is 2. The van der Waals surface area contributed by atoms with Crippen LogP contribution >= 0.6 is 22.6 Å². The van der Waals surface area contributed by atoms with Crippen LogP contribution in [0.1, 0.15) is 22.3 Å². The summed E-state index contributed by atoms with van der Waals surface area (Å²) in [6.07, 6.45) is -0.991. The molecule has 2 heterocycles. The molecule has 0 atom stereocenters. The van der Waals surface area contributed by atoms with E-state index in [4.69, 9.17) is 5.10 Å². The van der Waals surface area contributed by atoms with Gasteiger partial charge in [0.15, 0.2) is 5.65 Å². The Labute approximate surface area is 202 Å². The third-order valence-corrected chi connectivity index (χ3v) is 6.64. The fourth-order valence-electron chi connectivity index (χ4n) is 4.25. The molecule has 33 heavy (non-hydrogen) atoms. The summed E-state index contributed by atoms with van der Waals surface area (Å²) in [5.74, 6) is 0.